The standard InChI is InChI=1S/C21H21N.C8H8/c1-4-10-19(11-5-1)16-22(17-20-12-6-2-7-13-20)18-21-14-8-3-9-15-21;1-2-8-6-4-3-5-7-8/h1-15H,16-18H2;2-7H,1H2. The van der Waals surface area contributed by atoms with Gasteiger partial charge in [-0.15, -0.1) is 0 Å². The van der Waals surface area contributed by atoms with Gasteiger partial charge in [-0.2, -0.15) is 0 Å². The minimum Gasteiger partial charge on any atom is -0.291 e. The maximum Gasteiger partial charge on any atom is 0.0240 e. The van der Waals surface area contributed by atoms with Gasteiger partial charge in [-0.25, -0.2) is 0 Å². The monoisotopic (exact) mass is 391 g/mol. The second-order valence-electron chi connectivity index (χ2n) is 7.22. The molecule has 30 heavy (non-hydrogen) atoms. The summed E-state index contributed by atoms with van der Waals surface area (Å²) in [5.74, 6) is 0. The fraction of sp³-hybridized carbons (Fsp3) is 0.103. The third-order valence-electron chi connectivity index (χ3n) is 4.78. The third kappa shape index (κ3) is 7.54. The van der Waals surface area contributed by atoms with Crippen LogP contribution >= 0.6 is 0 Å². The Morgan fingerprint density at radius 2 is 0.767 bits per heavy atom. The summed E-state index contributed by atoms with van der Waals surface area (Å²) in [7, 11) is 0. The first kappa shape index (κ1) is 21.3. The molecule has 0 saturated heterocycles. The maximum atomic E-state index is 3.63. The van der Waals surface area contributed by atoms with Gasteiger partial charge < -0.3 is 0 Å². The second-order valence-corrected chi connectivity index (χ2v) is 7.22. The fourth-order valence-electron chi connectivity index (χ4n) is 3.28. The molecule has 0 aromatic heterocycles. The van der Waals surface area contributed by atoms with Gasteiger partial charge in [-0.05, 0) is 22.3 Å². The maximum absolute atomic E-state index is 3.63. The molecule has 1 nitrogen and oxygen atoms in total. The Morgan fingerprint density at radius 3 is 1.03 bits per heavy atom. The van der Waals surface area contributed by atoms with Crippen molar-refractivity contribution >= 4 is 6.08 Å². The van der Waals surface area contributed by atoms with Crippen molar-refractivity contribution < 1.29 is 0 Å². The number of hydrogen-bond acceptors (Lipinski definition) is 1. The quantitative estimate of drug-likeness (QED) is 0.321. The van der Waals surface area contributed by atoms with Crippen LogP contribution in [0.15, 0.2) is 128 Å². The highest BCUT2D eigenvalue weighted by molar-refractivity contribution is 5.45. The van der Waals surface area contributed by atoms with Crippen LogP contribution in [-0.4, -0.2) is 4.90 Å². The molecule has 0 unspecified atom stereocenters. The van der Waals surface area contributed by atoms with Crippen LogP contribution < -0.4 is 0 Å². The zero-order chi connectivity index (χ0) is 20.9. The Kier molecular flexibility index (Phi) is 8.66. The van der Waals surface area contributed by atoms with E-state index < -0.39 is 0 Å². The van der Waals surface area contributed by atoms with Crippen molar-refractivity contribution in [3.63, 3.8) is 0 Å². The highest BCUT2D eigenvalue weighted by atomic mass is 15.1. The Balaban J connectivity index is 0.000000269. The minimum absolute atomic E-state index is 0.963. The average Bonchev–Trinajstić information content (AvgIpc) is 2.82. The van der Waals surface area contributed by atoms with Gasteiger partial charge >= 0.3 is 0 Å². The van der Waals surface area contributed by atoms with E-state index in [0.29, 0.717) is 0 Å². The number of hydrogen-bond donors (Lipinski definition) is 0. The van der Waals surface area contributed by atoms with Crippen LogP contribution in [0.1, 0.15) is 22.3 Å². The molecule has 0 saturated carbocycles. The smallest absolute Gasteiger partial charge is 0.0240 e. The van der Waals surface area contributed by atoms with Crippen molar-refractivity contribution in [2.24, 2.45) is 0 Å². The molecule has 4 aromatic rings. The summed E-state index contributed by atoms with van der Waals surface area (Å²) in [4.78, 5) is 2.49. The van der Waals surface area contributed by atoms with E-state index in [1.54, 1.807) is 0 Å². The largest absolute Gasteiger partial charge is 0.291 e. The molecule has 0 radical (unpaired) electrons. The second kappa shape index (κ2) is 12.2. The van der Waals surface area contributed by atoms with E-state index in [4.69, 9.17) is 0 Å². The predicted molar refractivity (Wildman–Crippen MR) is 129 cm³/mol. The lowest BCUT2D eigenvalue weighted by Crippen LogP contribution is -2.22. The molecular formula is C29H29N. The lowest BCUT2D eigenvalue weighted by atomic mass is 10.1. The molecule has 0 N–H and O–H groups in total. The lowest BCUT2D eigenvalue weighted by Gasteiger charge is -2.23. The van der Waals surface area contributed by atoms with E-state index in [1.165, 1.54) is 22.3 Å². The molecule has 0 aliphatic heterocycles. The van der Waals surface area contributed by atoms with Crippen molar-refractivity contribution in [1.82, 2.24) is 4.90 Å². The molecule has 0 heterocycles. The highest BCUT2D eigenvalue weighted by Crippen LogP contribution is 2.14. The molecule has 0 bridgehead atoms. The summed E-state index contributed by atoms with van der Waals surface area (Å²) in [6.07, 6.45) is 1.83. The van der Waals surface area contributed by atoms with Crippen molar-refractivity contribution in [2.45, 2.75) is 19.6 Å². The first-order valence-corrected chi connectivity index (χ1v) is 10.3. The molecule has 0 fully saturated rings. The molecule has 0 aliphatic carbocycles. The van der Waals surface area contributed by atoms with Gasteiger partial charge in [0.25, 0.3) is 0 Å². The topological polar surface area (TPSA) is 3.24 Å². The van der Waals surface area contributed by atoms with E-state index in [9.17, 15) is 0 Å². The predicted octanol–water partition coefficient (Wildman–Crippen LogP) is 7.22. The first-order valence-electron chi connectivity index (χ1n) is 10.3. The Bertz CT molecular complexity index is 865. The van der Waals surface area contributed by atoms with E-state index in [1.807, 2.05) is 36.4 Å². The lowest BCUT2D eigenvalue weighted by molar-refractivity contribution is 0.247. The first-order chi connectivity index (χ1) is 14.8. The minimum atomic E-state index is 0.963. The molecule has 0 spiro atoms. The summed E-state index contributed by atoms with van der Waals surface area (Å²) in [5, 5.41) is 0. The molecule has 4 aromatic carbocycles. The van der Waals surface area contributed by atoms with Gasteiger partial charge in [0.2, 0.25) is 0 Å². The van der Waals surface area contributed by atoms with Crippen molar-refractivity contribution in [3.8, 4) is 0 Å². The van der Waals surface area contributed by atoms with Crippen LogP contribution in [-0.2, 0) is 19.6 Å². The van der Waals surface area contributed by atoms with Crippen LogP contribution in [0.25, 0.3) is 6.08 Å². The number of nitrogens with zero attached hydrogens (tertiary/aromatic N) is 1. The van der Waals surface area contributed by atoms with E-state index in [-0.39, 0.29) is 0 Å². The molecule has 0 atom stereocenters. The number of benzene rings is 4. The average molecular weight is 392 g/mol. The molecule has 0 amide bonds. The van der Waals surface area contributed by atoms with Crippen LogP contribution in [0.4, 0.5) is 0 Å². The van der Waals surface area contributed by atoms with E-state index >= 15 is 0 Å². The molecular weight excluding hydrogens is 362 g/mol. The zero-order valence-corrected chi connectivity index (χ0v) is 17.4. The molecule has 150 valence electrons. The van der Waals surface area contributed by atoms with Gasteiger partial charge in [-0.1, -0.05) is 134 Å². The van der Waals surface area contributed by atoms with Gasteiger partial charge in [0.15, 0.2) is 0 Å². The fourth-order valence-corrected chi connectivity index (χ4v) is 3.28. The Labute approximate surface area is 181 Å². The summed E-state index contributed by atoms with van der Waals surface area (Å²) >= 11 is 0. The van der Waals surface area contributed by atoms with Crippen LogP contribution in [0.5, 0.6) is 0 Å². The highest BCUT2D eigenvalue weighted by Gasteiger charge is 2.08. The molecule has 0 aliphatic rings. The van der Waals surface area contributed by atoms with E-state index in [2.05, 4.69) is 102 Å². The van der Waals surface area contributed by atoms with Crippen LogP contribution in [0.3, 0.4) is 0 Å². The van der Waals surface area contributed by atoms with Gasteiger partial charge in [0.05, 0.1) is 0 Å². The van der Waals surface area contributed by atoms with Gasteiger partial charge in [-0.3, -0.25) is 4.90 Å². The van der Waals surface area contributed by atoms with Gasteiger partial charge in [0.1, 0.15) is 0 Å². The molecule has 1 heteroatoms. The summed E-state index contributed by atoms with van der Waals surface area (Å²) in [5.41, 5.74) is 5.24. The zero-order valence-electron chi connectivity index (χ0n) is 17.4. The van der Waals surface area contributed by atoms with Crippen molar-refractivity contribution in [1.29, 1.82) is 0 Å². The summed E-state index contributed by atoms with van der Waals surface area (Å²) in [6, 6.07) is 42.1. The summed E-state index contributed by atoms with van der Waals surface area (Å²) < 4.78 is 0. The Hall–Kier alpha value is -3.42. The van der Waals surface area contributed by atoms with Gasteiger partial charge in [0, 0.05) is 19.6 Å². The molecule has 4 rings (SSSR count). The summed E-state index contributed by atoms with van der Waals surface area (Å²) in [6.45, 7) is 6.52. The van der Waals surface area contributed by atoms with Crippen molar-refractivity contribution in [3.05, 3.63) is 150 Å². The van der Waals surface area contributed by atoms with Crippen molar-refractivity contribution in [2.75, 3.05) is 0 Å². The number of rotatable bonds is 7. The van der Waals surface area contributed by atoms with E-state index in [0.717, 1.165) is 19.6 Å². The third-order valence-corrected chi connectivity index (χ3v) is 4.78. The SMILES string of the molecule is C=Cc1ccccc1.c1ccc(CN(Cc2ccccc2)Cc2ccccc2)cc1. The van der Waals surface area contributed by atoms with Crippen LogP contribution in [0.2, 0.25) is 0 Å². The Morgan fingerprint density at radius 1 is 0.467 bits per heavy atom. The van der Waals surface area contributed by atoms with Crippen LogP contribution in [0, 0.1) is 0 Å². The normalized spacial score (nSPS) is 10.2.